The summed E-state index contributed by atoms with van der Waals surface area (Å²) in [6.07, 6.45) is 3.67. The molecule has 1 rings (SSSR count). The van der Waals surface area contributed by atoms with Crippen LogP contribution < -0.4 is 5.32 Å². The fourth-order valence-electron chi connectivity index (χ4n) is 1.67. The minimum atomic E-state index is 0.608. The zero-order valence-electron chi connectivity index (χ0n) is 8.72. The van der Waals surface area contributed by atoms with Crippen molar-refractivity contribution >= 4 is 0 Å². The summed E-state index contributed by atoms with van der Waals surface area (Å²) in [5.74, 6) is 1.45. The van der Waals surface area contributed by atoms with Gasteiger partial charge in [-0.05, 0) is 24.8 Å². The fraction of sp³-hybridized carbons (Fsp3) is 0.818. The van der Waals surface area contributed by atoms with Crippen molar-refractivity contribution in [3.05, 3.63) is 11.6 Å². The van der Waals surface area contributed by atoms with Gasteiger partial charge in [-0.25, -0.2) is 0 Å². The van der Waals surface area contributed by atoms with Crippen molar-refractivity contribution < 1.29 is 0 Å². The van der Waals surface area contributed by atoms with Crippen LogP contribution in [0.1, 0.15) is 34.1 Å². The molecule has 0 aromatic rings. The minimum absolute atomic E-state index is 0.608. The molecule has 0 radical (unpaired) electrons. The fourth-order valence-corrected chi connectivity index (χ4v) is 1.67. The van der Waals surface area contributed by atoms with E-state index in [2.05, 4.69) is 39.1 Å². The van der Waals surface area contributed by atoms with Gasteiger partial charge in [0.15, 0.2) is 0 Å². The smallest absolute Gasteiger partial charge is 0.0275 e. The van der Waals surface area contributed by atoms with Gasteiger partial charge in [-0.3, -0.25) is 0 Å². The van der Waals surface area contributed by atoms with Crippen molar-refractivity contribution in [2.45, 2.75) is 40.2 Å². The van der Waals surface area contributed by atoms with Crippen LogP contribution in [0.4, 0.5) is 0 Å². The highest BCUT2D eigenvalue weighted by Gasteiger charge is 2.16. The van der Waals surface area contributed by atoms with Crippen molar-refractivity contribution in [1.82, 2.24) is 5.32 Å². The molecule has 1 N–H and O–H groups in total. The lowest BCUT2D eigenvalue weighted by Crippen LogP contribution is -2.36. The standard InChI is InChI=1S/C11H21N/c1-8(2)10-5-6-12-11(7-10)9(3)4/h7-9,11-12H,5-6H2,1-4H3. The topological polar surface area (TPSA) is 12.0 Å². The lowest BCUT2D eigenvalue weighted by molar-refractivity contribution is 0.437. The summed E-state index contributed by atoms with van der Waals surface area (Å²) in [6.45, 7) is 10.3. The van der Waals surface area contributed by atoms with E-state index in [4.69, 9.17) is 0 Å². The van der Waals surface area contributed by atoms with Crippen LogP contribution in [-0.2, 0) is 0 Å². The van der Waals surface area contributed by atoms with Gasteiger partial charge in [-0.2, -0.15) is 0 Å². The van der Waals surface area contributed by atoms with Gasteiger partial charge in [0.25, 0.3) is 0 Å². The average Bonchev–Trinajstić information content (AvgIpc) is 2.04. The van der Waals surface area contributed by atoms with E-state index in [-0.39, 0.29) is 0 Å². The van der Waals surface area contributed by atoms with Gasteiger partial charge in [0.05, 0.1) is 0 Å². The molecule has 1 heteroatoms. The first-order valence-electron chi connectivity index (χ1n) is 5.05. The second kappa shape index (κ2) is 4.08. The van der Waals surface area contributed by atoms with Crippen LogP contribution in [0.2, 0.25) is 0 Å². The first kappa shape index (κ1) is 9.79. The normalized spacial score (nSPS) is 24.8. The predicted molar refractivity (Wildman–Crippen MR) is 54.2 cm³/mol. The lowest BCUT2D eigenvalue weighted by Gasteiger charge is -2.27. The molecule has 1 unspecified atom stereocenters. The molecule has 0 bridgehead atoms. The monoisotopic (exact) mass is 167 g/mol. The molecule has 0 aromatic carbocycles. The first-order chi connectivity index (χ1) is 5.61. The quantitative estimate of drug-likeness (QED) is 0.623. The molecule has 1 heterocycles. The van der Waals surface area contributed by atoms with Crippen LogP contribution in [0.5, 0.6) is 0 Å². The molecule has 1 aliphatic rings. The number of hydrogen-bond acceptors (Lipinski definition) is 1. The van der Waals surface area contributed by atoms with Crippen molar-refractivity contribution in [2.24, 2.45) is 11.8 Å². The molecular formula is C11H21N. The summed E-state index contributed by atoms with van der Waals surface area (Å²) in [4.78, 5) is 0. The van der Waals surface area contributed by atoms with Crippen LogP contribution in [0.25, 0.3) is 0 Å². The molecule has 0 saturated heterocycles. The number of hydrogen-bond donors (Lipinski definition) is 1. The van der Waals surface area contributed by atoms with Gasteiger partial charge in [-0.15, -0.1) is 0 Å². The Hall–Kier alpha value is -0.300. The molecule has 70 valence electrons. The highest BCUT2D eigenvalue weighted by molar-refractivity contribution is 5.13. The summed E-state index contributed by atoms with van der Waals surface area (Å²) in [7, 11) is 0. The van der Waals surface area contributed by atoms with Gasteiger partial charge in [0.2, 0.25) is 0 Å². The molecule has 12 heavy (non-hydrogen) atoms. The zero-order valence-corrected chi connectivity index (χ0v) is 8.72. The van der Waals surface area contributed by atoms with E-state index < -0.39 is 0 Å². The van der Waals surface area contributed by atoms with E-state index in [9.17, 15) is 0 Å². The Bertz CT molecular complexity index is 168. The van der Waals surface area contributed by atoms with Gasteiger partial charge >= 0.3 is 0 Å². The summed E-state index contributed by atoms with van der Waals surface area (Å²) in [5, 5.41) is 3.53. The zero-order chi connectivity index (χ0) is 9.14. The second-order valence-corrected chi connectivity index (χ2v) is 4.37. The third-order valence-corrected chi connectivity index (χ3v) is 2.65. The van der Waals surface area contributed by atoms with Gasteiger partial charge in [0, 0.05) is 6.04 Å². The van der Waals surface area contributed by atoms with Crippen molar-refractivity contribution in [3.8, 4) is 0 Å². The van der Waals surface area contributed by atoms with Crippen LogP contribution in [0, 0.1) is 11.8 Å². The summed E-state index contributed by atoms with van der Waals surface area (Å²) >= 11 is 0. The van der Waals surface area contributed by atoms with E-state index in [0.717, 1.165) is 18.4 Å². The minimum Gasteiger partial charge on any atom is -0.310 e. The maximum Gasteiger partial charge on any atom is 0.0275 e. The lowest BCUT2D eigenvalue weighted by atomic mass is 9.91. The van der Waals surface area contributed by atoms with Crippen LogP contribution in [0.15, 0.2) is 11.6 Å². The van der Waals surface area contributed by atoms with E-state index in [1.807, 2.05) is 0 Å². The van der Waals surface area contributed by atoms with E-state index in [1.54, 1.807) is 5.57 Å². The highest BCUT2D eigenvalue weighted by Crippen LogP contribution is 2.20. The Labute approximate surface area is 76.2 Å². The van der Waals surface area contributed by atoms with Crippen LogP contribution >= 0.6 is 0 Å². The molecule has 0 aliphatic carbocycles. The third kappa shape index (κ3) is 2.34. The van der Waals surface area contributed by atoms with E-state index in [1.165, 1.54) is 6.42 Å². The molecular weight excluding hydrogens is 146 g/mol. The molecule has 1 nitrogen and oxygen atoms in total. The molecule has 1 atom stereocenters. The SMILES string of the molecule is CC(C)C1=CC(C(C)C)NCC1. The largest absolute Gasteiger partial charge is 0.310 e. The second-order valence-electron chi connectivity index (χ2n) is 4.37. The molecule has 0 saturated carbocycles. The van der Waals surface area contributed by atoms with Crippen molar-refractivity contribution in [1.29, 1.82) is 0 Å². The van der Waals surface area contributed by atoms with Crippen LogP contribution in [0.3, 0.4) is 0 Å². The number of rotatable bonds is 2. The molecule has 0 fully saturated rings. The highest BCUT2D eigenvalue weighted by atomic mass is 14.9. The third-order valence-electron chi connectivity index (χ3n) is 2.65. The van der Waals surface area contributed by atoms with Gasteiger partial charge in [-0.1, -0.05) is 39.3 Å². The maximum absolute atomic E-state index is 3.53. The summed E-state index contributed by atoms with van der Waals surface area (Å²) in [6, 6.07) is 0.608. The maximum atomic E-state index is 3.53. The van der Waals surface area contributed by atoms with E-state index >= 15 is 0 Å². The van der Waals surface area contributed by atoms with Crippen LogP contribution in [-0.4, -0.2) is 12.6 Å². The van der Waals surface area contributed by atoms with Gasteiger partial charge in [0.1, 0.15) is 0 Å². The Kier molecular flexibility index (Phi) is 3.33. The first-order valence-corrected chi connectivity index (χ1v) is 5.05. The van der Waals surface area contributed by atoms with Crippen molar-refractivity contribution in [2.75, 3.05) is 6.54 Å². The number of nitrogens with one attached hydrogen (secondary N) is 1. The summed E-state index contributed by atoms with van der Waals surface area (Å²) < 4.78 is 0. The Morgan fingerprint density at radius 3 is 2.50 bits per heavy atom. The van der Waals surface area contributed by atoms with Crippen molar-refractivity contribution in [3.63, 3.8) is 0 Å². The molecule has 0 aromatic heterocycles. The Morgan fingerprint density at radius 2 is 2.00 bits per heavy atom. The Morgan fingerprint density at radius 1 is 1.33 bits per heavy atom. The average molecular weight is 167 g/mol. The molecule has 1 aliphatic heterocycles. The van der Waals surface area contributed by atoms with E-state index in [0.29, 0.717) is 6.04 Å². The molecule has 0 amide bonds. The predicted octanol–water partition coefficient (Wildman–Crippen LogP) is 2.59. The molecule has 0 spiro atoms. The summed E-state index contributed by atoms with van der Waals surface area (Å²) in [5.41, 5.74) is 1.63. The Balaban J connectivity index is 2.63. The van der Waals surface area contributed by atoms with Gasteiger partial charge < -0.3 is 5.32 Å².